The van der Waals surface area contributed by atoms with E-state index < -0.39 is 0 Å². The van der Waals surface area contributed by atoms with E-state index in [1.165, 1.54) is 17.3 Å². The summed E-state index contributed by atoms with van der Waals surface area (Å²) in [5.41, 5.74) is 1.33. The predicted octanol–water partition coefficient (Wildman–Crippen LogP) is 4.10. The lowest BCUT2D eigenvalue weighted by Gasteiger charge is -2.02. The van der Waals surface area contributed by atoms with Gasteiger partial charge in [0.1, 0.15) is 0 Å². The van der Waals surface area contributed by atoms with Gasteiger partial charge in [-0.05, 0) is 24.1 Å². The number of rotatable bonds is 3. The number of alkyl halides is 2. The molecule has 0 nitrogen and oxygen atoms in total. The summed E-state index contributed by atoms with van der Waals surface area (Å²) in [6.07, 6.45) is 1.07. The van der Waals surface area contributed by atoms with Crippen LogP contribution < -0.4 is 0 Å². The number of hydrogen-bond acceptors (Lipinski definition) is 1. The topological polar surface area (TPSA) is 0 Å². The predicted molar refractivity (Wildman–Crippen MR) is 57.2 cm³/mol. The first kappa shape index (κ1) is 10.2. The molecule has 0 aromatic heterocycles. The van der Waals surface area contributed by atoms with Gasteiger partial charge in [0, 0.05) is 4.90 Å². The minimum atomic E-state index is -0.377. The van der Waals surface area contributed by atoms with Crippen molar-refractivity contribution < 1.29 is 0 Å². The first-order valence-corrected chi connectivity index (χ1v) is 5.51. The zero-order valence-electron chi connectivity index (χ0n) is 6.76. The lowest BCUT2D eigenvalue weighted by atomic mass is 10.2. The number of hydrogen-bond donors (Lipinski definition) is 0. The molecule has 0 saturated heterocycles. The molecular weight excluding hydrogens is 211 g/mol. The Hall–Kier alpha value is 0.150. The summed E-state index contributed by atoms with van der Waals surface area (Å²) >= 11 is 12.7. The van der Waals surface area contributed by atoms with Crippen molar-refractivity contribution in [2.45, 2.75) is 22.4 Å². The Labute approximate surface area is 87.3 Å². The smallest absolute Gasteiger partial charge is 0.0928 e. The summed E-state index contributed by atoms with van der Waals surface area (Å²) in [6.45, 7) is 2.13. The van der Waals surface area contributed by atoms with E-state index >= 15 is 0 Å². The fourth-order valence-electron chi connectivity index (χ4n) is 0.907. The maximum atomic E-state index is 5.61. The van der Waals surface area contributed by atoms with Gasteiger partial charge in [0.05, 0.1) is 0 Å². The van der Waals surface area contributed by atoms with Crippen molar-refractivity contribution in [3.05, 3.63) is 29.8 Å². The van der Waals surface area contributed by atoms with Crippen molar-refractivity contribution in [2.75, 3.05) is 0 Å². The summed E-state index contributed by atoms with van der Waals surface area (Å²) in [5, 5.41) is 0. The van der Waals surface area contributed by atoms with Crippen molar-refractivity contribution in [3.63, 3.8) is 0 Å². The second-order valence-electron chi connectivity index (χ2n) is 2.38. The molecule has 0 unspecified atom stereocenters. The Bertz CT molecular complexity index is 231. The van der Waals surface area contributed by atoms with Gasteiger partial charge in [0.2, 0.25) is 0 Å². The molecule has 66 valence electrons. The van der Waals surface area contributed by atoms with E-state index in [9.17, 15) is 0 Å². The Morgan fingerprint density at radius 3 is 2.25 bits per heavy atom. The molecule has 0 spiro atoms. The van der Waals surface area contributed by atoms with Gasteiger partial charge >= 0.3 is 0 Å². The van der Waals surface area contributed by atoms with Crippen LogP contribution in [0.2, 0.25) is 0 Å². The molecule has 0 fully saturated rings. The van der Waals surface area contributed by atoms with Crippen LogP contribution in [0.5, 0.6) is 0 Å². The third-order valence-corrected chi connectivity index (χ3v) is 2.81. The molecular formula is C9H10Cl2S. The highest BCUT2D eigenvalue weighted by Crippen LogP contribution is 2.28. The van der Waals surface area contributed by atoms with Crippen LogP contribution in [0.25, 0.3) is 0 Å². The molecule has 3 heteroatoms. The molecule has 0 bridgehead atoms. The Kier molecular flexibility index (Phi) is 4.27. The minimum absolute atomic E-state index is 0.377. The zero-order valence-corrected chi connectivity index (χ0v) is 9.09. The van der Waals surface area contributed by atoms with Gasteiger partial charge in [-0.3, -0.25) is 0 Å². The summed E-state index contributed by atoms with van der Waals surface area (Å²) in [7, 11) is 0. The highest BCUT2D eigenvalue weighted by molar-refractivity contribution is 8.02. The molecule has 0 heterocycles. The van der Waals surface area contributed by atoms with Crippen LogP contribution in [0.4, 0.5) is 0 Å². The van der Waals surface area contributed by atoms with E-state index in [4.69, 9.17) is 23.2 Å². The second kappa shape index (κ2) is 5.00. The maximum absolute atomic E-state index is 5.61. The van der Waals surface area contributed by atoms with Gasteiger partial charge in [-0.15, -0.1) is 0 Å². The van der Waals surface area contributed by atoms with Crippen LogP contribution in [0.3, 0.4) is 0 Å². The zero-order chi connectivity index (χ0) is 8.97. The normalized spacial score (nSPS) is 10.7. The SMILES string of the molecule is CCc1ccc(SC(Cl)Cl)cc1. The van der Waals surface area contributed by atoms with Crippen molar-refractivity contribution >= 4 is 35.0 Å². The highest BCUT2D eigenvalue weighted by Gasteiger charge is 2.00. The fourth-order valence-corrected chi connectivity index (χ4v) is 2.02. The lowest BCUT2D eigenvalue weighted by molar-refractivity contribution is 1.13. The molecule has 0 radical (unpaired) electrons. The van der Waals surface area contributed by atoms with Crippen LogP contribution >= 0.6 is 35.0 Å². The molecule has 0 aliphatic rings. The van der Waals surface area contributed by atoms with Crippen LogP contribution in [-0.4, -0.2) is 4.17 Å². The Morgan fingerprint density at radius 1 is 1.25 bits per heavy atom. The summed E-state index contributed by atoms with van der Waals surface area (Å²) < 4.78 is -0.377. The lowest BCUT2D eigenvalue weighted by Crippen LogP contribution is -1.81. The number of thioether (sulfide) groups is 1. The Balaban J connectivity index is 2.65. The van der Waals surface area contributed by atoms with Crippen molar-refractivity contribution in [2.24, 2.45) is 0 Å². The van der Waals surface area contributed by atoms with E-state index in [0.29, 0.717) is 0 Å². The van der Waals surface area contributed by atoms with Gasteiger partial charge in [-0.2, -0.15) is 0 Å². The van der Waals surface area contributed by atoms with E-state index in [2.05, 4.69) is 19.1 Å². The van der Waals surface area contributed by atoms with Crippen molar-refractivity contribution in [1.29, 1.82) is 0 Å². The summed E-state index contributed by atoms with van der Waals surface area (Å²) in [6, 6.07) is 8.28. The molecule has 12 heavy (non-hydrogen) atoms. The maximum Gasteiger partial charge on any atom is 0.157 e. The third-order valence-electron chi connectivity index (χ3n) is 1.56. The van der Waals surface area contributed by atoms with Crippen LogP contribution in [0, 0.1) is 0 Å². The van der Waals surface area contributed by atoms with E-state index in [1.807, 2.05) is 12.1 Å². The molecule has 0 aliphatic carbocycles. The highest BCUT2D eigenvalue weighted by atomic mass is 35.5. The largest absolute Gasteiger partial charge is 0.157 e. The van der Waals surface area contributed by atoms with Gasteiger partial charge in [-0.25, -0.2) is 0 Å². The summed E-state index contributed by atoms with van der Waals surface area (Å²) in [5.74, 6) is 0. The van der Waals surface area contributed by atoms with Crippen LogP contribution in [-0.2, 0) is 6.42 Å². The van der Waals surface area contributed by atoms with E-state index in [1.54, 1.807) is 0 Å². The number of benzene rings is 1. The molecule has 0 aliphatic heterocycles. The Morgan fingerprint density at radius 2 is 1.83 bits per heavy atom. The van der Waals surface area contributed by atoms with Gasteiger partial charge < -0.3 is 0 Å². The molecule has 1 rings (SSSR count). The molecule has 0 amide bonds. The fraction of sp³-hybridized carbons (Fsp3) is 0.333. The molecule has 0 N–H and O–H groups in total. The van der Waals surface area contributed by atoms with Gasteiger partial charge in [-0.1, -0.05) is 54.0 Å². The molecule has 1 aromatic carbocycles. The van der Waals surface area contributed by atoms with Gasteiger partial charge in [0.15, 0.2) is 4.17 Å². The van der Waals surface area contributed by atoms with E-state index in [-0.39, 0.29) is 4.17 Å². The molecule has 1 aromatic rings. The van der Waals surface area contributed by atoms with Gasteiger partial charge in [0.25, 0.3) is 0 Å². The minimum Gasteiger partial charge on any atom is -0.0928 e. The first-order chi connectivity index (χ1) is 5.72. The average molecular weight is 221 g/mol. The van der Waals surface area contributed by atoms with Crippen LogP contribution in [0.15, 0.2) is 29.2 Å². The monoisotopic (exact) mass is 220 g/mol. The number of aryl methyl sites for hydroxylation is 1. The molecule has 0 saturated carbocycles. The average Bonchev–Trinajstić information content (AvgIpc) is 2.05. The third kappa shape index (κ3) is 3.26. The number of halogens is 2. The standard InChI is InChI=1S/C9H10Cl2S/c1-2-7-3-5-8(6-4-7)12-9(10)11/h3-6,9H,2H2,1H3. The molecule has 0 atom stereocenters. The second-order valence-corrected chi connectivity index (χ2v) is 5.17. The van der Waals surface area contributed by atoms with E-state index in [0.717, 1.165) is 11.3 Å². The van der Waals surface area contributed by atoms with Crippen LogP contribution in [0.1, 0.15) is 12.5 Å². The van der Waals surface area contributed by atoms with Crippen molar-refractivity contribution in [1.82, 2.24) is 0 Å². The first-order valence-electron chi connectivity index (χ1n) is 3.76. The quantitative estimate of drug-likeness (QED) is 0.546. The summed E-state index contributed by atoms with van der Waals surface area (Å²) in [4.78, 5) is 1.11. The van der Waals surface area contributed by atoms with Crippen molar-refractivity contribution in [3.8, 4) is 0 Å².